The molecule has 1 unspecified atom stereocenters. The first-order valence-corrected chi connectivity index (χ1v) is 7.83. The van der Waals surface area contributed by atoms with Crippen LogP contribution in [0.25, 0.3) is 0 Å². The van der Waals surface area contributed by atoms with E-state index in [1.165, 1.54) is 12.3 Å². The number of aromatic nitrogens is 1. The number of alkyl halides is 1. The van der Waals surface area contributed by atoms with Crippen LogP contribution in [-0.4, -0.2) is 51.3 Å². The molecule has 1 aliphatic heterocycles. The van der Waals surface area contributed by atoms with E-state index in [0.717, 1.165) is 13.1 Å². The van der Waals surface area contributed by atoms with Crippen LogP contribution in [0.15, 0.2) is 18.3 Å². The summed E-state index contributed by atoms with van der Waals surface area (Å²) in [5.41, 5.74) is -0.0190. The number of fused-ring (bicyclic) bond motifs is 1. The van der Waals surface area contributed by atoms with Gasteiger partial charge in [0.15, 0.2) is 5.69 Å². The van der Waals surface area contributed by atoms with Crippen LogP contribution >= 0.6 is 15.9 Å². The summed E-state index contributed by atoms with van der Waals surface area (Å²) in [5.74, 6) is 0.644. The van der Waals surface area contributed by atoms with Crippen LogP contribution in [-0.2, 0) is 4.79 Å². The van der Waals surface area contributed by atoms with Crippen molar-refractivity contribution in [3.63, 3.8) is 0 Å². The highest BCUT2D eigenvalue weighted by molar-refractivity contribution is 9.09. The minimum atomic E-state index is -0.467. The Morgan fingerprint density at radius 2 is 2.14 bits per heavy atom. The second-order valence-corrected chi connectivity index (χ2v) is 6.51. The number of nitrogens with zero attached hydrogens (tertiary/aromatic N) is 2. The molecule has 1 saturated carbocycles. The van der Waals surface area contributed by atoms with Crippen molar-refractivity contribution in [2.45, 2.75) is 11.2 Å². The molecular weight excluding hydrogens is 338 g/mol. The van der Waals surface area contributed by atoms with Gasteiger partial charge in [-0.2, -0.15) is 0 Å². The number of pyridine rings is 1. The van der Waals surface area contributed by atoms with Gasteiger partial charge in [-0.15, -0.1) is 0 Å². The maximum absolute atomic E-state index is 12.0. The molecule has 0 aromatic carbocycles. The molecule has 2 N–H and O–H groups in total. The second-order valence-electron chi connectivity index (χ2n) is 5.45. The largest absolute Gasteiger partial charge is 0.505 e. The van der Waals surface area contributed by atoms with Gasteiger partial charge >= 0.3 is 0 Å². The van der Waals surface area contributed by atoms with Crippen molar-refractivity contribution < 1.29 is 14.7 Å². The Morgan fingerprint density at radius 1 is 1.43 bits per heavy atom. The number of likely N-dealkylation sites (tertiary alicyclic amines) is 1. The zero-order valence-corrected chi connectivity index (χ0v) is 12.9. The molecule has 0 bridgehead atoms. The molecule has 1 saturated heterocycles. The normalized spacial score (nSPS) is 26.3. The maximum atomic E-state index is 12.0. The highest BCUT2D eigenvalue weighted by Crippen LogP contribution is 2.50. The number of carbonyl (C=O) groups is 2. The molecule has 2 fully saturated rings. The molecule has 1 aromatic rings. The van der Waals surface area contributed by atoms with Crippen LogP contribution in [0.1, 0.15) is 16.9 Å². The Balaban J connectivity index is 1.43. The molecule has 6 nitrogen and oxygen atoms in total. The van der Waals surface area contributed by atoms with E-state index >= 15 is 0 Å². The molecule has 21 heavy (non-hydrogen) atoms. The number of aromatic hydroxyl groups is 1. The predicted octanol–water partition coefficient (Wildman–Crippen LogP) is 0.759. The van der Waals surface area contributed by atoms with Crippen molar-refractivity contribution in [2.75, 3.05) is 19.6 Å². The first kappa shape index (κ1) is 14.3. The minimum absolute atomic E-state index is 0.0190. The van der Waals surface area contributed by atoms with Crippen LogP contribution in [0.5, 0.6) is 5.75 Å². The molecule has 0 spiro atoms. The monoisotopic (exact) mass is 353 g/mol. The lowest BCUT2D eigenvalue weighted by Crippen LogP contribution is -2.35. The highest BCUT2D eigenvalue weighted by atomic mass is 79.9. The second kappa shape index (κ2) is 5.63. The maximum Gasteiger partial charge on any atom is 0.273 e. The summed E-state index contributed by atoms with van der Waals surface area (Å²) in [6, 6.07) is 2.95. The Labute approximate surface area is 130 Å². The summed E-state index contributed by atoms with van der Waals surface area (Å²) in [4.78, 5) is 30.1. The van der Waals surface area contributed by atoms with Crippen LogP contribution in [0.2, 0.25) is 0 Å². The molecule has 7 heteroatoms. The average molecular weight is 354 g/mol. The van der Waals surface area contributed by atoms with Gasteiger partial charge in [0.1, 0.15) is 5.75 Å². The quantitative estimate of drug-likeness (QED) is 0.783. The molecule has 112 valence electrons. The van der Waals surface area contributed by atoms with Crippen LogP contribution in [0, 0.1) is 11.8 Å². The van der Waals surface area contributed by atoms with Crippen molar-refractivity contribution in [1.29, 1.82) is 0 Å². The van der Waals surface area contributed by atoms with E-state index < -0.39 is 5.91 Å². The topological polar surface area (TPSA) is 82.5 Å². The molecule has 2 aliphatic rings. The summed E-state index contributed by atoms with van der Waals surface area (Å²) in [7, 11) is 0. The van der Waals surface area contributed by atoms with Crippen molar-refractivity contribution >= 4 is 27.7 Å². The van der Waals surface area contributed by atoms with Crippen LogP contribution < -0.4 is 5.32 Å². The lowest BCUT2D eigenvalue weighted by molar-refractivity contribution is -0.130. The number of halogens is 1. The van der Waals surface area contributed by atoms with E-state index in [2.05, 4.69) is 26.2 Å². The molecule has 3 rings (SSSR count). The molecule has 1 aromatic heterocycles. The Morgan fingerprint density at radius 3 is 2.81 bits per heavy atom. The first-order chi connectivity index (χ1) is 10.1. The van der Waals surface area contributed by atoms with E-state index in [4.69, 9.17) is 0 Å². The molecule has 0 radical (unpaired) electrons. The smallest absolute Gasteiger partial charge is 0.273 e. The molecule has 3 atom stereocenters. The number of hydrogen-bond acceptors (Lipinski definition) is 4. The number of hydrogen-bond donors (Lipinski definition) is 2. The third-order valence-electron chi connectivity index (χ3n) is 4.07. The van der Waals surface area contributed by atoms with Gasteiger partial charge in [-0.05, 0) is 24.0 Å². The van der Waals surface area contributed by atoms with Crippen LogP contribution in [0.3, 0.4) is 0 Å². The molecule has 1 aliphatic carbocycles. The van der Waals surface area contributed by atoms with E-state index in [1.54, 1.807) is 6.07 Å². The van der Waals surface area contributed by atoms with Gasteiger partial charge in [0.25, 0.3) is 5.91 Å². The van der Waals surface area contributed by atoms with E-state index in [-0.39, 0.29) is 30.3 Å². The fourth-order valence-electron chi connectivity index (χ4n) is 2.75. The number of amides is 2. The number of rotatable bonds is 4. The summed E-state index contributed by atoms with van der Waals surface area (Å²) in [6.07, 6.45) is 1.71. The lowest BCUT2D eigenvalue weighted by atomic mass is 10.3. The predicted molar refractivity (Wildman–Crippen MR) is 79.1 cm³/mol. The minimum Gasteiger partial charge on any atom is -0.505 e. The van der Waals surface area contributed by atoms with Crippen molar-refractivity contribution in [1.82, 2.24) is 15.2 Å². The van der Waals surface area contributed by atoms with Crippen LogP contribution in [0.4, 0.5) is 0 Å². The van der Waals surface area contributed by atoms with E-state index in [1.807, 2.05) is 4.90 Å². The summed E-state index contributed by atoms with van der Waals surface area (Å²) >= 11 is 3.58. The SMILES string of the molecule is O=C(NCCC(=O)N1C[C@@H]2C(Br)[C@@H]2C1)c1ncccc1O. The van der Waals surface area contributed by atoms with Gasteiger partial charge in [-0.3, -0.25) is 9.59 Å². The Kier molecular flexibility index (Phi) is 3.84. The van der Waals surface area contributed by atoms with E-state index in [0.29, 0.717) is 16.7 Å². The van der Waals surface area contributed by atoms with Gasteiger partial charge in [-0.25, -0.2) is 4.98 Å². The van der Waals surface area contributed by atoms with Gasteiger partial charge in [0.2, 0.25) is 5.91 Å². The zero-order chi connectivity index (χ0) is 15.0. The molecule has 2 amide bonds. The van der Waals surface area contributed by atoms with Crippen molar-refractivity contribution in [3.05, 3.63) is 24.0 Å². The summed E-state index contributed by atoms with van der Waals surface area (Å²) in [5, 5.41) is 12.1. The fourth-order valence-corrected chi connectivity index (χ4v) is 3.70. The zero-order valence-electron chi connectivity index (χ0n) is 11.3. The standard InChI is InChI=1S/C14H16BrN3O3/c15-12-8-6-18(7-9(8)12)11(20)3-5-17-14(21)13-10(19)2-1-4-16-13/h1-2,4,8-9,12,19H,3,5-7H2,(H,17,21)/t8-,9+,12?. The summed E-state index contributed by atoms with van der Waals surface area (Å²) < 4.78 is 0. The van der Waals surface area contributed by atoms with Gasteiger partial charge in [0, 0.05) is 37.1 Å². The average Bonchev–Trinajstić information content (AvgIpc) is 2.90. The van der Waals surface area contributed by atoms with E-state index in [9.17, 15) is 14.7 Å². The molecule has 2 heterocycles. The number of nitrogens with one attached hydrogen (secondary N) is 1. The Bertz CT molecular complexity index is 568. The fraction of sp³-hybridized carbons (Fsp3) is 0.500. The third kappa shape index (κ3) is 2.88. The van der Waals surface area contributed by atoms with Gasteiger partial charge in [-0.1, -0.05) is 15.9 Å². The lowest BCUT2D eigenvalue weighted by Gasteiger charge is -2.18. The third-order valence-corrected chi connectivity index (χ3v) is 5.43. The highest BCUT2D eigenvalue weighted by Gasteiger charge is 2.55. The van der Waals surface area contributed by atoms with Crippen molar-refractivity contribution in [3.8, 4) is 5.75 Å². The van der Waals surface area contributed by atoms with Gasteiger partial charge in [0.05, 0.1) is 0 Å². The number of carbonyl (C=O) groups excluding carboxylic acids is 2. The molecular formula is C14H16BrN3O3. The van der Waals surface area contributed by atoms with Crippen molar-refractivity contribution in [2.24, 2.45) is 11.8 Å². The Hall–Kier alpha value is -1.63. The summed E-state index contributed by atoms with van der Waals surface area (Å²) in [6.45, 7) is 1.88. The first-order valence-electron chi connectivity index (χ1n) is 6.92. The van der Waals surface area contributed by atoms with Gasteiger partial charge < -0.3 is 15.3 Å². The number of piperidine rings is 1.